The van der Waals surface area contributed by atoms with Crippen molar-refractivity contribution in [2.24, 2.45) is 0 Å². The lowest BCUT2D eigenvalue weighted by molar-refractivity contribution is 0.0989. The molecule has 0 atom stereocenters. The zero-order valence-electron chi connectivity index (χ0n) is 13.1. The van der Waals surface area contributed by atoms with Crippen LogP contribution in [0.5, 0.6) is 0 Å². The maximum Gasteiger partial charge on any atom is 0.163 e. The smallest absolute Gasteiger partial charge is 0.163 e. The van der Waals surface area contributed by atoms with E-state index in [0.29, 0.717) is 17.5 Å². The lowest BCUT2D eigenvalue weighted by Crippen LogP contribution is -1.98. The van der Waals surface area contributed by atoms with Crippen molar-refractivity contribution in [3.05, 3.63) is 66.1 Å². The monoisotopic (exact) mass is 318 g/mol. The number of nitrogens with one attached hydrogen (secondary N) is 1. The fraction of sp³-hybridized carbons (Fsp3) is 0.100. The first-order valence-corrected chi connectivity index (χ1v) is 7.88. The Balaban J connectivity index is 1.92. The highest BCUT2D eigenvalue weighted by molar-refractivity contribution is 6.07. The minimum Gasteiger partial charge on any atom is -0.358 e. The summed E-state index contributed by atoms with van der Waals surface area (Å²) in [7, 11) is 0. The van der Waals surface area contributed by atoms with E-state index in [1.165, 1.54) is 6.07 Å². The molecule has 0 saturated heterocycles. The van der Waals surface area contributed by atoms with Crippen molar-refractivity contribution < 1.29 is 9.18 Å². The highest BCUT2D eigenvalue weighted by atomic mass is 19.1. The number of hydrogen-bond donors (Lipinski definition) is 1. The normalized spacial score (nSPS) is 11.2. The van der Waals surface area contributed by atoms with Gasteiger partial charge in [0.05, 0.1) is 16.7 Å². The van der Waals surface area contributed by atoms with Crippen molar-refractivity contribution in [1.29, 1.82) is 0 Å². The Morgan fingerprint density at radius 1 is 1.08 bits per heavy atom. The number of carbonyl (C=O) groups is 1. The van der Waals surface area contributed by atoms with Gasteiger partial charge >= 0.3 is 0 Å². The van der Waals surface area contributed by atoms with Crippen LogP contribution < -0.4 is 0 Å². The number of hydrogen-bond acceptors (Lipinski definition) is 2. The fourth-order valence-electron chi connectivity index (χ4n) is 3.07. The Bertz CT molecular complexity index is 1080. The van der Waals surface area contributed by atoms with Crippen LogP contribution >= 0.6 is 0 Å². The van der Waals surface area contributed by atoms with Crippen molar-refractivity contribution in [3.8, 4) is 11.3 Å². The second kappa shape index (κ2) is 5.57. The van der Waals surface area contributed by atoms with E-state index in [1.54, 1.807) is 12.3 Å². The highest BCUT2D eigenvalue weighted by Gasteiger charge is 2.13. The van der Waals surface area contributed by atoms with Crippen LogP contribution in [0.15, 0.2) is 54.7 Å². The average Bonchev–Trinajstić information content (AvgIpc) is 3.05. The van der Waals surface area contributed by atoms with Crippen LogP contribution in [0.4, 0.5) is 4.39 Å². The van der Waals surface area contributed by atoms with Gasteiger partial charge in [-0.1, -0.05) is 31.2 Å². The summed E-state index contributed by atoms with van der Waals surface area (Å²) in [5.41, 5.74) is 3.53. The van der Waals surface area contributed by atoms with Crippen LogP contribution in [-0.4, -0.2) is 15.8 Å². The van der Waals surface area contributed by atoms with Gasteiger partial charge in [0.1, 0.15) is 5.82 Å². The number of para-hydroxylation sites is 1. The molecule has 0 aliphatic heterocycles. The molecule has 0 bridgehead atoms. The summed E-state index contributed by atoms with van der Waals surface area (Å²) in [6, 6.07) is 14.3. The van der Waals surface area contributed by atoms with Gasteiger partial charge in [-0.3, -0.25) is 4.79 Å². The van der Waals surface area contributed by atoms with Crippen LogP contribution in [0.2, 0.25) is 0 Å². The molecule has 2 heterocycles. The van der Waals surface area contributed by atoms with E-state index in [4.69, 9.17) is 0 Å². The Labute approximate surface area is 138 Å². The van der Waals surface area contributed by atoms with Gasteiger partial charge in [-0.05, 0) is 24.3 Å². The van der Waals surface area contributed by atoms with E-state index in [1.807, 2.05) is 43.3 Å². The van der Waals surface area contributed by atoms with Gasteiger partial charge in [-0.25, -0.2) is 9.37 Å². The third kappa shape index (κ3) is 2.19. The maximum absolute atomic E-state index is 13.9. The van der Waals surface area contributed by atoms with E-state index in [0.717, 1.165) is 27.5 Å². The van der Waals surface area contributed by atoms with E-state index < -0.39 is 0 Å². The van der Waals surface area contributed by atoms with Crippen LogP contribution in [0, 0.1) is 5.82 Å². The third-order valence-corrected chi connectivity index (χ3v) is 4.29. The van der Waals surface area contributed by atoms with Crippen molar-refractivity contribution >= 4 is 27.6 Å². The second-order valence-corrected chi connectivity index (χ2v) is 5.71. The first kappa shape index (κ1) is 14.6. The van der Waals surface area contributed by atoms with Crippen LogP contribution in [0.25, 0.3) is 33.1 Å². The third-order valence-electron chi connectivity index (χ3n) is 4.29. The van der Waals surface area contributed by atoms with Gasteiger partial charge in [0.25, 0.3) is 0 Å². The molecule has 4 rings (SSSR count). The Kier molecular flexibility index (Phi) is 3.38. The molecular formula is C20H15FN2O. The largest absolute Gasteiger partial charge is 0.358 e. The molecule has 0 fully saturated rings. The molecule has 0 spiro atoms. The van der Waals surface area contributed by atoms with Gasteiger partial charge in [-0.15, -0.1) is 0 Å². The molecule has 0 radical (unpaired) electrons. The predicted molar refractivity (Wildman–Crippen MR) is 93.6 cm³/mol. The molecule has 1 N–H and O–H groups in total. The molecule has 118 valence electrons. The maximum atomic E-state index is 13.9. The number of nitrogens with zero attached hydrogens (tertiary/aromatic N) is 1. The lowest BCUT2D eigenvalue weighted by atomic mass is 10.0. The van der Waals surface area contributed by atoms with E-state index in [-0.39, 0.29) is 11.6 Å². The van der Waals surface area contributed by atoms with Crippen molar-refractivity contribution in [3.63, 3.8) is 0 Å². The number of ketones is 1. The minimum absolute atomic E-state index is 0.101. The summed E-state index contributed by atoms with van der Waals surface area (Å²) < 4.78 is 13.9. The lowest BCUT2D eigenvalue weighted by Gasteiger charge is -2.06. The molecule has 3 nitrogen and oxygen atoms in total. The number of pyridine rings is 1. The summed E-state index contributed by atoms with van der Waals surface area (Å²) in [6.07, 6.45) is 2.23. The summed E-state index contributed by atoms with van der Waals surface area (Å²) >= 11 is 0. The topological polar surface area (TPSA) is 45.8 Å². The highest BCUT2D eigenvalue weighted by Crippen LogP contribution is 2.30. The zero-order chi connectivity index (χ0) is 16.7. The number of fused-ring (bicyclic) bond motifs is 2. The molecule has 2 aromatic carbocycles. The van der Waals surface area contributed by atoms with Gasteiger partial charge in [0.15, 0.2) is 5.78 Å². The van der Waals surface area contributed by atoms with Gasteiger partial charge in [0, 0.05) is 34.5 Å². The molecule has 4 heteroatoms. The van der Waals surface area contributed by atoms with Crippen LogP contribution in [-0.2, 0) is 0 Å². The first-order valence-electron chi connectivity index (χ1n) is 7.88. The van der Waals surface area contributed by atoms with Crippen LogP contribution in [0.1, 0.15) is 23.7 Å². The number of Topliss-reactive ketones (excluding diaryl/α,β-unsaturated/α-hetero) is 1. The Hall–Kier alpha value is -3.01. The number of H-pyrrole nitrogens is 1. The molecule has 0 aliphatic rings. The average molecular weight is 318 g/mol. The molecule has 2 aromatic heterocycles. The first-order chi connectivity index (χ1) is 11.7. The summed E-state index contributed by atoms with van der Waals surface area (Å²) in [5.74, 6) is -0.181. The molecule has 0 amide bonds. The molecule has 0 unspecified atom stereocenters. The molecule has 4 aromatic rings. The SMILES string of the molecule is CCC(=O)c1cccc2nc(-c3c[nH]c4c(F)cccc34)ccc12. The summed E-state index contributed by atoms with van der Waals surface area (Å²) in [5, 5.41) is 1.64. The van der Waals surface area contributed by atoms with Gasteiger partial charge < -0.3 is 4.98 Å². The number of halogens is 1. The Morgan fingerprint density at radius 2 is 1.92 bits per heavy atom. The summed E-state index contributed by atoms with van der Waals surface area (Å²) in [4.78, 5) is 19.7. The number of aromatic amines is 1. The quantitative estimate of drug-likeness (QED) is 0.533. The number of carbonyl (C=O) groups excluding carboxylic acids is 1. The predicted octanol–water partition coefficient (Wildman–Crippen LogP) is 5.11. The van der Waals surface area contributed by atoms with Crippen molar-refractivity contribution in [2.75, 3.05) is 0 Å². The molecule has 0 saturated carbocycles. The van der Waals surface area contributed by atoms with Crippen molar-refractivity contribution in [1.82, 2.24) is 9.97 Å². The van der Waals surface area contributed by atoms with Gasteiger partial charge in [0.2, 0.25) is 0 Å². The molecular weight excluding hydrogens is 303 g/mol. The standard InChI is InChI=1S/C20H15FN2O/c1-2-19(24)13-5-4-8-17-12(13)9-10-18(23-17)15-11-22-20-14(15)6-3-7-16(20)21/h3-11,22H,2H2,1H3. The molecule has 24 heavy (non-hydrogen) atoms. The van der Waals surface area contributed by atoms with E-state index in [2.05, 4.69) is 9.97 Å². The van der Waals surface area contributed by atoms with E-state index >= 15 is 0 Å². The van der Waals surface area contributed by atoms with Gasteiger partial charge in [-0.2, -0.15) is 0 Å². The summed E-state index contributed by atoms with van der Waals surface area (Å²) in [6.45, 7) is 1.85. The Morgan fingerprint density at radius 3 is 2.75 bits per heavy atom. The number of aromatic nitrogens is 2. The fourth-order valence-corrected chi connectivity index (χ4v) is 3.07. The number of benzene rings is 2. The van der Waals surface area contributed by atoms with Crippen LogP contribution in [0.3, 0.4) is 0 Å². The van der Waals surface area contributed by atoms with E-state index in [9.17, 15) is 9.18 Å². The second-order valence-electron chi connectivity index (χ2n) is 5.71. The van der Waals surface area contributed by atoms with Crippen molar-refractivity contribution in [2.45, 2.75) is 13.3 Å². The molecule has 0 aliphatic carbocycles. The number of rotatable bonds is 3. The zero-order valence-corrected chi connectivity index (χ0v) is 13.1. The minimum atomic E-state index is -0.282.